The van der Waals surface area contributed by atoms with Crippen LogP contribution < -0.4 is 11.1 Å². The molecule has 5 heterocycles. The fraction of sp³-hybridized carbons (Fsp3) is 0.806. The number of hydrogen-bond acceptors (Lipinski definition) is 9. The Hall–Kier alpha value is -1.53. The molecule has 12 atom stereocenters. The van der Waals surface area contributed by atoms with Crippen molar-refractivity contribution in [2.45, 2.75) is 121 Å². The van der Waals surface area contributed by atoms with Gasteiger partial charge in [-0.1, -0.05) is 46.2 Å². The van der Waals surface area contributed by atoms with Gasteiger partial charge in [0.2, 0.25) is 5.91 Å². The molecule has 260 valence electrons. The molecule has 7 aliphatic rings. The second kappa shape index (κ2) is 13.3. The molecule has 0 aromatic rings. The number of ether oxygens (including phenoxy) is 3. The highest BCUT2D eigenvalue weighted by atomic mass is 33.1. The number of carbonyl (C=O) groups is 3. The molecule has 0 aromatic carbocycles. The van der Waals surface area contributed by atoms with Gasteiger partial charge in [0, 0.05) is 73.6 Å². The predicted molar refractivity (Wildman–Crippen MR) is 183 cm³/mol. The molecule has 1 spiro atoms. The number of esters is 2. The van der Waals surface area contributed by atoms with Gasteiger partial charge in [-0.15, -0.1) is 0 Å². The summed E-state index contributed by atoms with van der Waals surface area (Å²) in [7, 11) is 3.78. The van der Waals surface area contributed by atoms with Crippen molar-refractivity contribution in [2.75, 3.05) is 24.6 Å². The van der Waals surface area contributed by atoms with Crippen molar-refractivity contribution >= 4 is 39.4 Å². The van der Waals surface area contributed by atoms with Crippen LogP contribution in [0.5, 0.6) is 0 Å². The van der Waals surface area contributed by atoms with Crippen LogP contribution in [0.4, 0.5) is 0 Å². The number of rotatable bonds is 3. The average Bonchev–Trinajstić information content (AvgIpc) is 3.40. The van der Waals surface area contributed by atoms with Crippen molar-refractivity contribution in [3.63, 3.8) is 0 Å². The van der Waals surface area contributed by atoms with E-state index in [1.165, 1.54) is 5.57 Å². The zero-order valence-corrected chi connectivity index (χ0v) is 30.1. The first-order valence-electron chi connectivity index (χ1n) is 18.1. The number of quaternary nitrogens is 1. The van der Waals surface area contributed by atoms with Crippen LogP contribution in [0.25, 0.3) is 0 Å². The highest BCUT2D eigenvalue weighted by molar-refractivity contribution is 8.76. The summed E-state index contributed by atoms with van der Waals surface area (Å²) in [5, 5.41) is 2.22. The molecule has 0 bridgehead atoms. The van der Waals surface area contributed by atoms with E-state index in [0.29, 0.717) is 49.1 Å². The van der Waals surface area contributed by atoms with E-state index >= 15 is 0 Å². The Labute approximate surface area is 287 Å². The van der Waals surface area contributed by atoms with Crippen molar-refractivity contribution in [2.24, 2.45) is 41.2 Å². The first-order chi connectivity index (χ1) is 22.6. The van der Waals surface area contributed by atoms with Gasteiger partial charge in [0.25, 0.3) is 0 Å². The molecule has 7 rings (SSSR count). The predicted octanol–water partition coefficient (Wildman–Crippen LogP) is 3.97. The Morgan fingerprint density at radius 2 is 2.02 bits per heavy atom. The quantitative estimate of drug-likeness (QED) is 0.196. The molecule has 6 fully saturated rings. The van der Waals surface area contributed by atoms with Gasteiger partial charge in [-0.2, -0.15) is 0 Å². The SMILES string of the molecule is CC=C(C)C(=O)O[C@]1(C)CC=C2CSSC[C@@H]3[C@H](CC)CN3C(=O)CC3C[NH2+]C(N)CC3[C@H]2[C@]12CC1CC3CCC(=O)OC3CC1O2. The maximum atomic E-state index is 14.0. The molecule has 9 nitrogen and oxygen atoms in total. The van der Waals surface area contributed by atoms with Crippen LogP contribution in [0.3, 0.4) is 0 Å². The molecule has 4 N–H and O–H groups in total. The van der Waals surface area contributed by atoms with Crippen LogP contribution in [0.1, 0.15) is 85.5 Å². The van der Waals surface area contributed by atoms with E-state index in [4.69, 9.17) is 19.9 Å². The second-order valence-electron chi connectivity index (χ2n) is 15.7. The summed E-state index contributed by atoms with van der Waals surface area (Å²) in [4.78, 5) is 42.1. The fourth-order valence-electron chi connectivity index (χ4n) is 10.3. The summed E-state index contributed by atoms with van der Waals surface area (Å²) in [6, 6.07) is 0.316. The number of hydrogen-bond donors (Lipinski definition) is 2. The Kier molecular flexibility index (Phi) is 9.61. The number of allylic oxidation sites excluding steroid dienone is 1. The number of carbonyl (C=O) groups excluding carboxylic acids is 3. The summed E-state index contributed by atoms with van der Waals surface area (Å²) in [5.41, 5.74) is 7.01. The molecule has 47 heavy (non-hydrogen) atoms. The largest absolute Gasteiger partial charge is 0.462 e. The molecule has 1 saturated carbocycles. The average molecular weight is 689 g/mol. The molecule has 11 heteroatoms. The minimum atomic E-state index is -0.909. The van der Waals surface area contributed by atoms with E-state index in [1.807, 2.05) is 41.5 Å². The van der Waals surface area contributed by atoms with Crippen LogP contribution in [-0.4, -0.2) is 83.0 Å². The lowest BCUT2D eigenvalue weighted by molar-refractivity contribution is -0.706. The Balaban J connectivity index is 1.30. The van der Waals surface area contributed by atoms with Gasteiger partial charge in [-0.25, -0.2) is 4.79 Å². The normalized spacial score (nSPS) is 45.4. The van der Waals surface area contributed by atoms with E-state index in [9.17, 15) is 14.4 Å². The molecule has 5 aliphatic heterocycles. The van der Waals surface area contributed by atoms with Gasteiger partial charge in [0.15, 0.2) is 0 Å². The van der Waals surface area contributed by atoms with E-state index < -0.39 is 11.2 Å². The molecule has 2 aliphatic carbocycles. The fourth-order valence-corrected chi connectivity index (χ4v) is 12.9. The monoisotopic (exact) mass is 688 g/mol. The third-order valence-corrected chi connectivity index (χ3v) is 15.6. The van der Waals surface area contributed by atoms with E-state index in [-0.39, 0.29) is 59.9 Å². The number of fused-ring (bicyclic) bond motifs is 7. The van der Waals surface area contributed by atoms with Gasteiger partial charge >= 0.3 is 11.9 Å². The first-order valence-corrected chi connectivity index (χ1v) is 20.6. The van der Waals surface area contributed by atoms with Gasteiger partial charge in [0.05, 0.1) is 12.6 Å². The highest BCUT2D eigenvalue weighted by Crippen LogP contribution is 2.62. The van der Waals surface area contributed by atoms with Crippen LogP contribution in [0, 0.1) is 35.5 Å². The summed E-state index contributed by atoms with van der Waals surface area (Å²) >= 11 is 0. The van der Waals surface area contributed by atoms with Crippen molar-refractivity contribution in [1.82, 2.24) is 4.90 Å². The van der Waals surface area contributed by atoms with Crippen molar-refractivity contribution in [1.29, 1.82) is 0 Å². The Morgan fingerprint density at radius 3 is 2.81 bits per heavy atom. The van der Waals surface area contributed by atoms with Crippen LogP contribution in [0.2, 0.25) is 0 Å². The van der Waals surface area contributed by atoms with E-state index in [1.54, 1.807) is 0 Å². The lowest BCUT2D eigenvalue weighted by Crippen LogP contribution is -2.96. The van der Waals surface area contributed by atoms with E-state index in [2.05, 4.69) is 30.1 Å². The number of piperidine rings is 1. The number of nitrogens with zero attached hydrogens (tertiary/aromatic N) is 1. The minimum Gasteiger partial charge on any atom is -0.462 e. The lowest BCUT2D eigenvalue weighted by atomic mass is 9.56. The van der Waals surface area contributed by atoms with Crippen LogP contribution in [0.15, 0.2) is 23.3 Å². The zero-order valence-electron chi connectivity index (χ0n) is 28.5. The Morgan fingerprint density at radius 1 is 1.19 bits per heavy atom. The van der Waals surface area contributed by atoms with Gasteiger partial charge in [-0.3, -0.25) is 15.3 Å². The topological polar surface area (TPSA) is 125 Å². The number of amides is 1. The van der Waals surface area contributed by atoms with Crippen molar-refractivity contribution in [3.05, 3.63) is 23.3 Å². The Bertz CT molecular complexity index is 1330. The van der Waals surface area contributed by atoms with Crippen molar-refractivity contribution in [3.8, 4) is 0 Å². The van der Waals surface area contributed by atoms with Gasteiger partial charge < -0.3 is 24.4 Å². The molecular weight excluding hydrogens is 635 g/mol. The molecule has 0 radical (unpaired) electrons. The molecule has 0 aromatic heterocycles. The maximum Gasteiger partial charge on any atom is 0.334 e. The molecular formula is C36H54N3O6S2+. The highest BCUT2D eigenvalue weighted by Gasteiger charge is 2.68. The maximum absolute atomic E-state index is 14.0. The van der Waals surface area contributed by atoms with Gasteiger partial charge in [0.1, 0.15) is 23.5 Å². The third-order valence-electron chi connectivity index (χ3n) is 13.2. The smallest absolute Gasteiger partial charge is 0.334 e. The summed E-state index contributed by atoms with van der Waals surface area (Å²) in [6.45, 7) is 9.67. The van der Waals surface area contributed by atoms with Crippen LogP contribution >= 0.6 is 21.6 Å². The lowest BCUT2D eigenvalue weighted by Gasteiger charge is -2.56. The van der Waals surface area contributed by atoms with Crippen molar-refractivity contribution < 1.29 is 33.9 Å². The summed E-state index contributed by atoms with van der Waals surface area (Å²) in [6.07, 6.45) is 10.6. The third kappa shape index (κ3) is 6.02. The van der Waals surface area contributed by atoms with Gasteiger partial charge in [-0.05, 0) is 70.1 Å². The second-order valence-corrected chi connectivity index (χ2v) is 18.2. The molecule has 7 unspecified atom stereocenters. The van der Waals surface area contributed by atoms with E-state index in [0.717, 1.165) is 56.7 Å². The minimum absolute atomic E-state index is 0.0456. The number of nitrogens with two attached hydrogens (primary N) is 2. The first kappa shape index (κ1) is 33.9. The summed E-state index contributed by atoms with van der Waals surface area (Å²) in [5.74, 6) is 3.08. The zero-order chi connectivity index (χ0) is 33.1. The standard InChI is InChI=1S/C36H53N3O6S2/c1-5-20(3)34(42)45-35(4)10-9-23-18-46-47-19-27-21(6-2)17-39(27)31(40)12-25-16-38-30(37)13-26(25)33(23)36(35)15-24-11-22-7-8-32(41)43-28(22)14-29(24)44-36/h5,9,21-22,24-30,33,38H,6-8,10-19,37H2,1-4H3/p+1/t21-,22?,24?,25?,26?,27-,28?,29?,30?,33+,35-,36-/m1/s1. The molecule has 5 saturated heterocycles. The molecule has 1 amide bonds. The summed E-state index contributed by atoms with van der Waals surface area (Å²) < 4.78 is 20.0. The van der Waals surface area contributed by atoms with Crippen LogP contribution in [-0.2, 0) is 28.6 Å².